The maximum absolute atomic E-state index is 7.70. The van der Waals surface area contributed by atoms with E-state index in [1.54, 1.807) is 0 Å². The molecule has 0 heterocycles. The van der Waals surface area contributed by atoms with Crippen LogP contribution in [-0.4, -0.2) is 84.6 Å². The lowest BCUT2D eigenvalue weighted by atomic mass is 10.1. The lowest BCUT2D eigenvalue weighted by Crippen LogP contribution is -2.66. The summed E-state index contributed by atoms with van der Waals surface area (Å²) < 4.78 is 61.2. The Labute approximate surface area is 501 Å². The Balaban J connectivity index is 6.49. The zero-order chi connectivity index (χ0) is 59.5. The molecule has 8 nitrogen and oxygen atoms in total. The Kier molecular flexibility index (Phi) is 42.1. The molecule has 0 atom stereocenters. The van der Waals surface area contributed by atoms with Crippen LogP contribution >= 0.6 is 0 Å². The zero-order valence-electron chi connectivity index (χ0n) is 57.1. The van der Waals surface area contributed by atoms with Crippen molar-refractivity contribution in [2.45, 2.75) is 387 Å². The maximum Gasteiger partial charge on any atom is 0.636 e. The molecule has 0 aliphatic heterocycles. The van der Waals surface area contributed by atoms with E-state index in [9.17, 15) is 0 Å². The highest BCUT2D eigenvalue weighted by Gasteiger charge is 2.59. The lowest BCUT2D eigenvalue weighted by Gasteiger charge is -2.46. The third kappa shape index (κ3) is 41.8. The van der Waals surface area contributed by atoms with Crippen LogP contribution in [0.1, 0.15) is 234 Å². The first-order valence-electron chi connectivity index (χ1n) is 33.8. The molecule has 0 unspecified atom stereocenters. The van der Waals surface area contributed by atoms with Gasteiger partial charge in [-0.3, -0.25) is 0 Å². The molecule has 0 aromatic carbocycles. The largest absolute Gasteiger partial charge is 0.636 e. The Bertz CT molecular complexity index is 1230. The van der Waals surface area contributed by atoms with Gasteiger partial charge in [0.15, 0.2) is 66.5 Å². The molecule has 0 bridgehead atoms. The van der Waals surface area contributed by atoms with Crippen LogP contribution in [0.25, 0.3) is 0 Å². The van der Waals surface area contributed by atoms with Gasteiger partial charge in [-0.1, -0.05) is 234 Å². The van der Waals surface area contributed by atoms with Gasteiger partial charge in [-0.2, -0.15) is 0 Å². The summed E-state index contributed by atoms with van der Waals surface area (Å²) in [6, 6.07) is 9.05. The van der Waals surface area contributed by atoms with E-state index in [4.69, 9.17) is 32.9 Å². The number of hydrogen-bond acceptors (Lipinski definition) is 8. The second-order valence-electron chi connectivity index (χ2n) is 29.4. The highest BCUT2D eigenvalue weighted by Crippen LogP contribution is 2.38. The summed E-state index contributed by atoms with van der Waals surface area (Å²) >= 11 is 0. The molecule has 0 fully saturated rings. The molecule has 0 spiro atoms. The summed E-state index contributed by atoms with van der Waals surface area (Å²) in [5.74, 6) is 0. The molecule has 0 amide bonds. The second-order valence-corrected chi connectivity index (χ2v) is 70.1. The van der Waals surface area contributed by atoms with Crippen molar-refractivity contribution in [2.75, 3.05) is 0 Å². The number of rotatable bonds is 55. The van der Waals surface area contributed by atoms with Crippen LogP contribution in [0.5, 0.6) is 0 Å². The molecule has 470 valence electrons. The van der Waals surface area contributed by atoms with Gasteiger partial charge >= 0.3 is 18.1 Å². The smallest absolute Gasteiger partial charge is 0.396 e. The van der Waals surface area contributed by atoms with E-state index in [-0.39, 0.29) is 0 Å². The number of unbranched alkanes of at least 4 members (excludes halogenated alkanes) is 23. The van der Waals surface area contributed by atoms with E-state index in [2.05, 4.69) is 146 Å². The van der Waals surface area contributed by atoms with Gasteiger partial charge in [-0.25, -0.2) is 0 Å². The average molecular weight is 1270 g/mol. The summed E-state index contributed by atoms with van der Waals surface area (Å²) in [5, 5.41) is 0. The second kappa shape index (κ2) is 41.1. The Morgan fingerprint density at radius 1 is 0.154 bits per heavy atom. The van der Waals surface area contributed by atoms with Crippen molar-refractivity contribution in [3.63, 3.8) is 0 Å². The van der Waals surface area contributed by atoms with E-state index in [1.807, 2.05) is 0 Å². The molecule has 0 aliphatic carbocycles. The van der Waals surface area contributed by atoms with Crippen molar-refractivity contribution in [3.05, 3.63) is 0 Å². The standard InChI is InChI=1S/C60H142O8Si10/c1-23-29-35-45-53-69(7,8)61-77(62-70(9,10)54-46-36-30-24-2,63-71(11,12)55-47-37-31-25-3)67-75(19,20)59-51-43-41-42-44-52-60-76(21,22)68-78(64-72(13,14)56-48-38-32-26-4,65-73(15,16)57-49-39-33-27-5)66-74(17,18)58-50-40-34-28-6/h23-60H2,1-22H3. The normalized spacial score (nSPS) is 14.1. The third-order valence-electron chi connectivity index (χ3n) is 15.8. The van der Waals surface area contributed by atoms with Crippen LogP contribution in [-0.2, 0) is 32.9 Å². The van der Waals surface area contributed by atoms with Crippen molar-refractivity contribution in [3.8, 4) is 0 Å². The van der Waals surface area contributed by atoms with Gasteiger partial charge < -0.3 is 32.9 Å². The van der Waals surface area contributed by atoms with Crippen LogP contribution in [0.3, 0.4) is 0 Å². The minimum atomic E-state index is -3.51. The fourth-order valence-electron chi connectivity index (χ4n) is 11.0. The quantitative estimate of drug-likeness (QED) is 0.0441. The Hall–Kier alpha value is 1.85. The van der Waals surface area contributed by atoms with Crippen LogP contribution in [0, 0.1) is 0 Å². The van der Waals surface area contributed by atoms with Gasteiger partial charge in [-0.15, -0.1) is 0 Å². The third-order valence-corrected chi connectivity index (χ3v) is 54.0. The number of hydrogen-bond donors (Lipinski definition) is 0. The first kappa shape index (κ1) is 79.8. The van der Waals surface area contributed by atoms with Gasteiger partial charge in [0.2, 0.25) is 0 Å². The molecule has 0 aromatic rings. The zero-order valence-corrected chi connectivity index (χ0v) is 67.1. The van der Waals surface area contributed by atoms with Crippen LogP contribution < -0.4 is 0 Å². The van der Waals surface area contributed by atoms with Gasteiger partial charge in [0.25, 0.3) is 0 Å². The summed E-state index contributed by atoms with van der Waals surface area (Å²) in [6.07, 6.45) is 37.6. The fourth-order valence-corrected chi connectivity index (χ4v) is 51.3. The average Bonchev–Trinajstić information content (AvgIpc) is 3.29. The Morgan fingerprint density at radius 2 is 0.256 bits per heavy atom. The minimum absolute atomic E-state index is 1.11. The Morgan fingerprint density at radius 3 is 0.372 bits per heavy atom. The molecule has 0 rings (SSSR count). The van der Waals surface area contributed by atoms with Gasteiger partial charge in [0.1, 0.15) is 0 Å². The first-order valence-corrected chi connectivity index (χ1v) is 62.0. The predicted molar refractivity (Wildman–Crippen MR) is 371 cm³/mol. The molecule has 78 heavy (non-hydrogen) atoms. The summed E-state index contributed by atoms with van der Waals surface area (Å²) in [6.45, 7) is 52.8. The van der Waals surface area contributed by atoms with Crippen molar-refractivity contribution in [1.82, 2.24) is 0 Å². The van der Waals surface area contributed by atoms with Crippen molar-refractivity contribution < 1.29 is 32.9 Å². The predicted octanol–water partition coefficient (Wildman–Crippen LogP) is 23.5. The maximum atomic E-state index is 7.70. The molecule has 0 radical (unpaired) electrons. The van der Waals surface area contributed by atoms with Crippen molar-refractivity contribution >= 4 is 84.6 Å². The molecule has 0 N–H and O–H groups in total. The molecule has 18 heteroatoms. The topological polar surface area (TPSA) is 73.8 Å². The molecular weight excluding hydrogens is 1130 g/mol. The minimum Gasteiger partial charge on any atom is -0.396 e. The summed E-state index contributed by atoms with van der Waals surface area (Å²) in [7, 11) is -24.6. The molecule has 0 aliphatic rings. The van der Waals surface area contributed by atoms with Crippen LogP contribution in [0.15, 0.2) is 0 Å². The van der Waals surface area contributed by atoms with E-state index in [0.717, 1.165) is 48.4 Å². The molecule has 0 saturated carbocycles. The van der Waals surface area contributed by atoms with E-state index in [0.29, 0.717) is 0 Å². The molecule has 0 aromatic heterocycles. The SMILES string of the molecule is CCCCCC[Si](C)(C)O[Si](O[Si](C)(C)CCCCCC)(O[Si](C)(C)CCCCCC)O[Si](C)(C)CCCCCCCC[Si](C)(C)O[Si](O[Si](C)(C)CCCCCC)(O[Si](C)(C)CCCCCC)O[Si](C)(C)CCCCCC. The van der Waals surface area contributed by atoms with E-state index in [1.165, 1.54) is 193 Å². The van der Waals surface area contributed by atoms with E-state index < -0.39 is 84.6 Å². The summed E-state index contributed by atoms with van der Waals surface area (Å²) in [5.41, 5.74) is 0. The molecular formula is C60H142O8Si10. The van der Waals surface area contributed by atoms with Crippen molar-refractivity contribution in [1.29, 1.82) is 0 Å². The highest BCUT2D eigenvalue weighted by atomic mass is 28.6. The summed E-state index contributed by atoms with van der Waals surface area (Å²) in [4.78, 5) is 0. The first-order chi connectivity index (χ1) is 36.2. The van der Waals surface area contributed by atoms with Gasteiger partial charge in [-0.05, 0) is 153 Å². The highest BCUT2D eigenvalue weighted by molar-refractivity contribution is 6.93. The lowest BCUT2D eigenvalue weighted by molar-refractivity contribution is 0.142. The fraction of sp³-hybridized carbons (Fsp3) is 1.00. The van der Waals surface area contributed by atoms with Crippen LogP contribution in [0.4, 0.5) is 0 Å². The van der Waals surface area contributed by atoms with Crippen molar-refractivity contribution in [2.24, 2.45) is 0 Å². The van der Waals surface area contributed by atoms with Gasteiger partial charge in [0.05, 0.1) is 0 Å². The van der Waals surface area contributed by atoms with Crippen LogP contribution in [0.2, 0.25) is 153 Å². The molecule has 0 saturated heterocycles. The monoisotopic (exact) mass is 1270 g/mol. The van der Waals surface area contributed by atoms with Gasteiger partial charge in [0, 0.05) is 0 Å². The van der Waals surface area contributed by atoms with E-state index >= 15 is 0 Å².